The number of nitriles is 1. The summed E-state index contributed by atoms with van der Waals surface area (Å²) in [6.45, 7) is 1.52. The number of para-hydroxylation sites is 1. The molecule has 5 heteroatoms. The van der Waals surface area contributed by atoms with Gasteiger partial charge in [-0.1, -0.05) is 24.3 Å². The Balaban J connectivity index is 1.87. The zero-order chi connectivity index (χ0) is 15.9. The number of anilines is 1. The number of nitrogens with zero attached hydrogens (tertiary/aromatic N) is 1. The number of nitrogens with one attached hydrogen (secondary N) is 1. The number of esters is 1. The summed E-state index contributed by atoms with van der Waals surface area (Å²) in [5, 5.41) is 11.6. The Morgan fingerprint density at radius 1 is 1.45 bits per heavy atom. The molecule has 5 nitrogen and oxygen atoms in total. The molecule has 0 aromatic heterocycles. The first-order valence-electron chi connectivity index (χ1n) is 7.26. The summed E-state index contributed by atoms with van der Waals surface area (Å²) >= 11 is 0. The number of carbonyl (C=O) groups is 2. The Morgan fingerprint density at radius 2 is 2.23 bits per heavy atom. The van der Waals surface area contributed by atoms with E-state index in [9.17, 15) is 9.59 Å². The molecule has 0 aliphatic heterocycles. The molecule has 0 fully saturated rings. The van der Waals surface area contributed by atoms with Gasteiger partial charge in [0.05, 0.1) is 17.7 Å². The van der Waals surface area contributed by atoms with Crippen LogP contribution in [0.5, 0.6) is 0 Å². The largest absolute Gasteiger partial charge is 0.453 e. The highest BCUT2D eigenvalue weighted by Gasteiger charge is 2.21. The van der Waals surface area contributed by atoms with Crippen molar-refractivity contribution >= 4 is 17.6 Å². The number of amides is 1. The van der Waals surface area contributed by atoms with Crippen LogP contribution in [-0.2, 0) is 14.3 Å². The molecule has 1 aliphatic rings. The molecule has 0 bridgehead atoms. The SMILES string of the molecule is C[C@H](OC(=O)C[C@H]1C=CCC1)C(=O)Nc1ccccc1C#N. The average Bonchev–Trinajstić information content (AvgIpc) is 3.00. The molecular formula is C17H18N2O3. The lowest BCUT2D eigenvalue weighted by Gasteiger charge is -2.15. The van der Waals surface area contributed by atoms with Gasteiger partial charge in [0.25, 0.3) is 5.91 Å². The molecule has 0 radical (unpaired) electrons. The molecule has 1 aromatic rings. The molecule has 0 heterocycles. The monoisotopic (exact) mass is 298 g/mol. The summed E-state index contributed by atoms with van der Waals surface area (Å²) in [6, 6.07) is 8.68. The Labute approximate surface area is 129 Å². The third-order valence-electron chi connectivity index (χ3n) is 3.52. The molecule has 0 saturated heterocycles. The predicted molar refractivity (Wildman–Crippen MR) is 81.8 cm³/mol. The highest BCUT2D eigenvalue weighted by molar-refractivity contribution is 5.96. The molecule has 2 atom stereocenters. The van der Waals surface area contributed by atoms with Crippen molar-refractivity contribution in [3.63, 3.8) is 0 Å². The van der Waals surface area contributed by atoms with E-state index < -0.39 is 12.0 Å². The van der Waals surface area contributed by atoms with Crippen LogP contribution in [0.3, 0.4) is 0 Å². The fourth-order valence-electron chi connectivity index (χ4n) is 2.30. The van der Waals surface area contributed by atoms with Crippen molar-refractivity contribution in [2.75, 3.05) is 5.32 Å². The van der Waals surface area contributed by atoms with E-state index in [4.69, 9.17) is 10.00 Å². The topological polar surface area (TPSA) is 79.2 Å². The maximum absolute atomic E-state index is 12.0. The van der Waals surface area contributed by atoms with Gasteiger partial charge in [0.2, 0.25) is 0 Å². The van der Waals surface area contributed by atoms with Gasteiger partial charge in [-0.05, 0) is 37.8 Å². The first-order chi connectivity index (χ1) is 10.6. The highest BCUT2D eigenvalue weighted by atomic mass is 16.5. The lowest BCUT2D eigenvalue weighted by molar-refractivity contribution is -0.153. The normalized spacial score (nSPS) is 17.5. The molecule has 114 valence electrons. The van der Waals surface area contributed by atoms with Gasteiger partial charge in [0, 0.05) is 0 Å². The van der Waals surface area contributed by atoms with Crippen LogP contribution >= 0.6 is 0 Å². The van der Waals surface area contributed by atoms with Crippen LogP contribution in [0.25, 0.3) is 0 Å². The van der Waals surface area contributed by atoms with E-state index in [0.717, 1.165) is 12.8 Å². The Bertz CT molecular complexity index is 631. The van der Waals surface area contributed by atoms with E-state index in [-0.39, 0.29) is 11.9 Å². The van der Waals surface area contributed by atoms with Crippen LogP contribution in [-0.4, -0.2) is 18.0 Å². The highest BCUT2D eigenvalue weighted by Crippen LogP contribution is 2.21. The maximum atomic E-state index is 12.0. The third kappa shape index (κ3) is 4.19. The van der Waals surface area contributed by atoms with Crippen molar-refractivity contribution < 1.29 is 14.3 Å². The zero-order valence-corrected chi connectivity index (χ0v) is 12.4. The summed E-state index contributed by atoms with van der Waals surface area (Å²) in [6.07, 6.45) is 5.39. The summed E-state index contributed by atoms with van der Waals surface area (Å²) in [7, 11) is 0. The minimum absolute atomic E-state index is 0.210. The zero-order valence-electron chi connectivity index (χ0n) is 12.4. The van der Waals surface area contributed by atoms with Gasteiger partial charge >= 0.3 is 5.97 Å². The summed E-state index contributed by atoms with van der Waals surface area (Å²) in [5.41, 5.74) is 0.780. The van der Waals surface area contributed by atoms with Crippen molar-refractivity contribution in [3.8, 4) is 6.07 Å². The molecule has 1 N–H and O–H groups in total. The third-order valence-corrected chi connectivity index (χ3v) is 3.52. The van der Waals surface area contributed by atoms with Crippen molar-refractivity contribution in [2.45, 2.75) is 32.3 Å². The molecule has 0 saturated carbocycles. The van der Waals surface area contributed by atoms with Crippen LogP contribution in [0, 0.1) is 17.2 Å². The number of allylic oxidation sites excluding steroid dienone is 2. The van der Waals surface area contributed by atoms with Gasteiger partial charge in [-0.3, -0.25) is 9.59 Å². The van der Waals surface area contributed by atoms with Crippen molar-refractivity contribution in [1.29, 1.82) is 5.26 Å². The molecule has 22 heavy (non-hydrogen) atoms. The maximum Gasteiger partial charge on any atom is 0.307 e. The number of benzene rings is 1. The van der Waals surface area contributed by atoms with E-state index >= 15 is 0 Å². The van der Waals surface area contributed by atoms with E-state index in [1.165, 1.54) is 6.92 Å². The average molecular weight is 298 g/mol. The lowest BCUT2D eigenvalue weighted by atomic mass is 10.1. The second-order valence-corrected chi connectivity index (χ2v) is 5.25. The number of ether oxygens (including phenoxy) is 1. The molecule has 1 aromatic carbocycles. The van der Waals surface area contributed by atoms with Crippen molar-refractivity contribution in [3.05, 3.63) is 42.0 Å². The number of hydrogen-bond donors (Lipinski definition) is 1. The van der Waals surface area contributed by atoms with Gasteiger partial charge in [0.1, 0.15) is 6.07 Å². The van der Waals surface area contributed by atoms with Gasteiger partial charge in [-0.15, -0.1) is 0 Å². The van der Waals surface area contributed by atoms with Crippen molar-refractivity contribution in [2.24, 2.45) is 5.92 Å². The minimum atomic E-state index is -0.898. The summed E-state index contributed by atoms with van der Waals surface area (Å²) in [5.74, 6) is -0.618. The molecule has 0 unspecified atom stereocenters. The van der Waals surface area contributed by atoms with Crippen LogP contribution < -0.4 is 5.32 Å². The minimum Gasteiger partial charge on any atom is -0.453 e. The molecular weight excluding hydrogens is 280 g/mol. The smallest absolute Gasteiger partial charge is 0.307 e. The standard InChI is InChI=1S/C17H18N2O3/c1-12(22-16(20)10-13-6-2-3-7-13)17(21)19-15-9-5-4-8-14(15)11-18/h2,4-6,8-9,12-13H,3,7,10H2,1H3,(H,19,21)/t12-,13-/m0/s1. The van der Waals surface area contributed by atoms with Crippen LogP contribution in [0.1, 0.15) is 31.7 Å². The fourth-order valence-corrected chi connectivity index (χ4v) is 2.30. The van der Waals surface area contributed by atoms with E-state index in [2.05, 4.69) is 5.32 Å². The Kier molecular flexibility index (Phi) is 5.31. The van der Waals surface area contributed by atoms with Crippen molar-refractivity contribution in [1.82, 2.24) is 0 Å². The molecule has 0 spiro atoms. The van der Waals surface area contributed by atoms with E-state index in [0.29, 0.717) is 17.7 Å². The van der Waals surface area contributed by atoms with Crippen LogP contribution in [0.2, 0.25) is 0 Å². The number of rotatable bonds is 5. The summed E-state index contributed by atoms with van der Waals surface area (Å²) in [4.78, 5) is 23.8. The number of hydrogen-bond acceptors (Lipinski definition) is 4. The Hall–Kier alpha value is -2.61. The fraction of sp³-hybridized carbons (Fsp3) is 0.353. The number of carbonyl (C=O) groups excluding carboxylic acids is 2. The lowest BCUT2D eigenvalue weighted by Crippen LogP contribution is -2.30. The molecule has 1 aliphatic carbocycles. The molecule has 1 amide bonds. The first kappa shape index (κ1) is 15.8. The Morgan fingerprint density at radius 3 is 2.91 bits per heavy atom. The quantitative estimate of drug-likeness (QED) is 0.669. The van der Waals surface area contributed by atoms with Crippen LogP contribution in [0.4, 0.5) is 5.69 Å². The summed E-state index contributed by atoms with van der Waals surface area (Å²) < 4.78 is 5.15. The van der Waals surface area contributed by atoms with Gasteiger partial charge in [-0.25, -0.2) is 0 Å². The van der Waals surface area contributed by atoms with E-state index in [1.807, 2.05) is 18.2 Å². The second-order valence-electron chi connectivity index (χ2n) is 5.25. The first-order valence-corrected chi connectivity index (χ1v) is 7.26. The van der Waals surface area contributed by atoms with Gasteiger partial charge in [0.15, 0.2) is 6.10 Å². The van der Waals surface area contributed by atoms with Gasteiger partial charge in [-0.2, -0.15) is 5.26 Å². The van der Waals surface area contributed by atoms with Crippen LogP contribution in [0.15, 0.2) is 36.4 Å². The molecule has 2 rings (SSSR count). The second kappa shape index (κ2) is 7.41. The van der Waals surface area contributed by atoms with Gasteiger partial charge < -0.3 is 10.1 Å². The predicted octanol–water partition coefficient (Wildman–Crippen LogP) is 2.78. The van der Waals surface area contributed by atoms with E-state index in [1.54, 1.807) is 24.3 Å².